The molecule has 9 heteroatoms. The van der Waals surface area contributed by atoms with E-state index in [4.69, 9.17) is 4.74 Å². The Morgan fingerprint density at radius 3 is 3.10 bits per heavy atom. The van der Waals surface area contributed by atoms with E-state index in [1.807, 2.05) is 0 Å². The van der Waals surface area contributed by atoms with Crippen molar-refractivity contribution in [1.82, 2.24) is 14.3 Å². The first kappa shape index (κ1) is 14.0. The van der Waals surface area contributed by atoms with Crippen molar-refractivity contribution in [1.29, 1.82) is 0 Å². The van der Waals surface area contributed by atoms with E-state index >= 15 is 0 Å². The van der Waals surface area contributed by atoms with Crippen LogP contribution in [0.1, 0.15) is 0 Å². The Bertz CT molecular complexity index is 785. The highest BCUT2D eigenvalue weighted by Gasteiger charge is 2.39. The molecule has 1 saturated heterocycles. The molecule has 0 amide bonds. The summed E-state index contributed by atoms with van der Waals surface area (Å²) >= 11 is 0. The van der Waals surface area contributed by atoms with Gasteiger partial charge in [-0.25, -0.2) is 13.4 Å². The highest BCUT2D eigenvalue weighted by atomic mass is 32.2. The van der Waals surface area contributed by atoms with E-state index < -0.39 is 22.0 Å². The number of carbonyl (C=O) groups is 1. The number of aromatic amines is 1. The highest BCUT2D eigenvalue weighted by molar-refractivity contribution is 7.89. The van der Waals surface area contributed by atoms with E-state index in [0.717, 1.165) is 4.31 Å². The molecule has 2 N–H and O–H groups in total. The van der Waals surface area contributed by atoms with Gasteiger partial charge in [0.05, 0.1) is 13.2 Å². The second-order valence-corrected chi connectivity index (χ2v) is 6.46. The second kappa shape index (κ2) is 5.10. The predicted octanol–water partition coefficient (Wildman–Crippen LogP) is 0.0370. The maximum Gasteiger partial charge on any atom is 0.324 e. The number of hydrogen-bond acceptors (Lipinski definition) is 5. The molecule has 1 fully saturated rings. The normalized spacial score (nSPS) is 20.7. The van der Waals surface area contributed by atoms with Crippen LogP contribution in [0.2, 0.25) is 0 Å². The van der Waals surface area contributed by atoms with Gasteiger partial charge in [0.15, 0.2) is 0 Å². The van der Waals surface area contributed by atoms with Gasteiger partial charge in [0, 0.05) is 24.3 Å². The Labute approximate surface area is 120 Å². The molecule has 0 radical (unpaired) electrons. The van der Waals surface area contributed by atoms with Crippen LogP contribution < -0.4 is 0 Å². The van der Waals surface area contributed by atoms with Crippen LogP contribution in [0.3, 0.4) is 0 Å². The minimum Gasteiger partial charge on any atom is -0.480 e. The molecular weight excluding hydrogens is 298 g/mol. The molecule has 0 aromatic carbocycles. The molecule has 1 aliphatic rings. The number of aromatic nitrogens is 2. The third-order valence-electron chi connectivity index (χ3n) is 3.36. The van der Waals surface area contributed by atoms with E-state index in [1.54, 1.807) is 18.3 Å². The van der Waals surface area contributed by atoms with Crippen molar-refractivity contribution >= 4 is 27.0 Å². The number of H-pyrrole nitrogens is 1. The van der Waals surface area contributed by atoms with Crippen LogP contribution in [0.25, 0.3) is 11.0 Å². The quantitative estimate of drug-likeness (QED) is 0.827. The van der Waals surface area contributed by atoms with Crippen LogP contribution in [0.5, 0.6) is 0 Å². The fraction of sp³-hybridized carbons (Fsp3) is 0.333. The van der Waals surface area contributed by atoms with E-state index in [1.165, 1.54) is 6.20 Å². The molecule has 1 aliphatic heterocycles. The molecule has 0 aliphatic carbocycles. The Balaban J connectivity index is 2.09. The minimum atomic E-state index is -3.94. The summed E-state index contributed by atoms with van der Waals surface area (Å²) in [5, 5.41) is 9.61. The van der Waals surface area contributed by atoms with Crippen molar-refractivity contribution in [2.24, 2.45) is 0 Å². The SMILES string of the molecule is O=C(O)C1COCCN1S(=O)(=O)c1c[nH]c2ncccc12. The lowest BCUT2D eigenvalue weighted by Gasteiger charge is -2.31. The number of carboxylic acids is 1. The summed E-state index contributed by atoms with van der Waals surface area (Å²) in [7, 11) is -3.94. The number of sulfonamides is 1. The highest BCUT2D eigenvalue weighted by Crippen LogP contribution is 2.26. The summed E-state index contributed by atoms with van der Waals surface area (Å²) in [5.74, 6) is -1.23. The smallest absolute Gasteiger partial charge is 0.324 e. The molecule has 1 unspecified atom stereocenters. The number of carboxylic acid groups (broad SMARTS) is 1. The average Bonchev–Trinajstić information content (AvgIpc) is 2.92. The lowest BCUT2D eigenvalue weighted by Crippen LogP contribution is -2.52. The first-order valence-corrected chi connectivity index (χ1v) is 7.70. The fourth-order valence-corrected chi connectivity index (χ4v) is 4.05. The second-order valence-electron chi connectivity index (χ2n) is 4.60. The number of nitrogens with zero attached hydrogens (tertiary/aromatic N) is 2. The monoisotopic (exact) mass is 311 g/mol. The summed E-state index contributed by atoms with van der Waals surface area (Å²) in [6.45, 7) is 0.0189. The van der Waals surface area contributed by atoms with Gasteiger partial charge in [-0.15, -0.1) is 0 Å². The van der Waals surface area contributed by atoms with Crippen LogP contribution in [-0.4, -0.2) is 59.6 Å². The number of morpholine rings is 1. The maximum atomic E-state index is 12.7. The Hall–Kier alpha value is -1.97. The number of ether oxygens (including phenoxy) is 1. The third-order valence-corrected chi connectivity index (χ3v) is 5.31. The van der Waals surface area contributed by atoms with E-state index in [0.29, 0.717) is 11.0 Å². The largest absolute Gasteiger partial charge is 0.480 e. The molecule has 8 nitrogen and oxygen atoms in total. The molecule has 2 aromatic rings. The summed E-state index contributed by atoms with van der Waals surface area (Å²) < 4.78 is 31.5. The lowest BCUT2D eigenvalue weighted by molar-refractivity contribution is -0.146. The topological polar surface area (TPSA) is 113 Å². The molecule has 0 saturated carbocycles. The van der Waals surface area contributed by atoms with Gasteiger partial charge in [-0.1, -0.05) is 0 Å². The lowest BCUT2D eigenvalue weighted by atomic mass is 10.3. The maximum absolute atomic E-state index is 12.7. The number of hydrogen-bond donors (Lipinski definition) is 2. The van der Waals surface area contributed by atoms with Gasteiger partial charge in [-0.05, 0) is 12.1 Å². The van der Waals surface area contributed by atoms with Crippen molar-refractivity contribution in [2.75, 3.05) is 19.8 Å². The van der Waals surface area contributed by atoms with Gasteiger partial charge in [0.1, 0.15) is 16.6 Å². The fourth-order valence-electron chi connectivity index (χ4n) is 2.34. The van der Waals surface area contributed by atoms with Gasteiger partial charge >= 0.3 is 5.97 Å². The molecule has 1 atom stereocenters. The first-order chi connectivity index (χ1) is 10.0. The van der Waals surface area contributed by atoms with Crippen molar-refractivity contribution in [3.05, 3.63) is 24.5 Å². The van der Waals surface area contributed by atoms with Gasteiger partial charge in [-0.2, -0.15) is 4.31 Å². The van der Waals surface area contributed by atoms with E-state index in [2.05, 4.69) is 9.97 Å². The molecule has 21 heavy (non-hydrogen) atoms. The third kappa shape index (κ3) is 2.28. The standard InChI is InChI=1S/C12H13N3O5S/c16-12(17)9-7-20-5-4-15(9)21(18,19)10-6-14-11-8(10)2-1-3-13-11/h1-3,6,9H,4-5,7H2,(H,13,14)(H,16,17). The molecule has 112 valence electrons. The van der Waals surface area contributed by atoms with Crippen LogP contribution in [0, 0.1) is 0 Å². The summed E-state index contributed by atoms with van der Waals surface area (Å²) in [4.78, 5) is 18.1. The van der Waals surface area contributed by atoms with Crippen molar-refractivity contribution in [2.45, 2.75) is 10.9 Å². The number of aliphatic carboxylic acids is 1. The van der Waals surface area contributed by atoms with Gasteiger partial charge in [-0.3, -0.25) is 4.79 Å². The molecule has 3 rings (SSSR count). The Morgan fingerprint density at radius 2 is 2.33 bits per heavy atom. The summed E-state index contributed by atoms with van der Waals surface area (Å²) in [5.41, 5.74) is 0.441. The van der Waals surface area contributed by atoms with Gasteiger partial charge < -0.3 is 14.8 Å². The first-order valence-electron chi connectivity index (χ1n) is 6.26. The number of fused-ring (bicyclic) bond motifs is 1. The van der Waals surface area contributed by atoms with E-state index in [9.17, 15) is 18.3 Å². The zero-order valence-electron chi connectivity index (χ0n) is 10.9. The van der Waals surface area contributed by atoms with Crippen molar-refractivity contribution in [3.8, 4) is 0 Å². The number of nitrogens with one attached hydrogen (secondary N) is 1. The zero-order valence-corrected chi connectivity index (χ0v) is 11.7. The molecular formula is C12H13N3O5S. The Morgan fingerprint density at radius 1 is 1.52 bits per heavy atom. The van der Waals surface area contributed by atoms with Gasteiger partial charge in [0.2, 0.25) is 10.0 Å². The summed E-state index contributed by atoms with van der Waals surface area (Å²) in [6.07, 6.45) is 2.88. The van der Waals surface area contributed by atoms with Crippen molar-refractivity contribution < 1.29 is 23.1 Å². The minimum absolute atomic E-state index is 0.00619. The van der Waals surface area contributed by atoms with E-state index in [-0.39, 0.29) is 24.7 Å². The molecule has 2 aromatic heterocycles. The van der Waals surface area contributed by atoms with Crippen LogP contribution in [0.15, 0.2) is 29.4 Å². The predicted molar refractivity (Wildman–Crippen MR) is 72.2 cm³/mol. The molecule has 3 heterocycles. The zero-order chi connectivity index (χ0) is 15.0. The molecule has 0 bridgehead atoms. The van der Waals surface area contributed by atoms with Crippen LogP contribution in [-0.2, 0) is 19.6 Å². The number of pyridine rings is 1. The molecule has 0 spiro atoms. The van der Waals surface area contributed by atoms with Crippen LogP contribution in [0.4, 0.5) is 0 Å². The van der Waals surface area contributed by atoms with Crippen molar-refractivity contribution in [3.63, 3.8) is 0 Å². The Kier molecular flexibility index (Phi) is 3.40. The van der Waals surface area contributed by atoms with Crippen LogP contribution >= 0.6 is 0 Å². The number of rotatable bonds is 3. The summed E-state index contributed by atoms with van der Waals surface area (Å²) in [6, 6.07) is 2.04. The average molecular weight is 311 g/mol. The van der Waals surface area contributed by atoms with Gasteiger partial charge in [0.25, 0.3) is 0 Å².